The van der Waals surface area contributed by atoms with Gasteiger partial charge in [0.25, 0.3) is 0 Å². The molecule has 0 bridgehead atoms. The lowest BCUT2D eigenvalue weighted by molar-refractivity contribution is -0.130. The van der Waals surface area contributed by atoms with E-state index in [1.54, 1.807) is 0 Å². The summed E-state index contributed by atoms with van der Waals surface area (Å²) in [4.78, 5) is 0. The Balaban J connectivity index is 1.81. The number of aromatic nitrogens is 2. The Morgan fingerprint density at radius 3 is 3.00 bits per heavy atom. The topological polar surface area (TPSA) is 62.3 Å². The molecule has 0 amide bonds. The summed E-state index contributed by atoms with van der Waals surface area (Å²) in [5.74, 6) is 0. The normalized spacial score (nSPS) is 22.8. The number of hydrogen-bond donors (Lipinski definition) is 1. The van der Waals surface area contributed by atoms with Gasteiger partial charge in [0.1, 0.15) is 5.60 Å². The number of nitrogens with zero attached hydrogens (tertiary/aromatic N) is 2. The lowest BCUT2D eigenvalue weighted by Crippen LogP contribution is -2.47. The van der Waals surface area contributed by atoms with Crippen molar-refractivity contribution < 1.29 is 9.47 Å². The van der Waals surface area contributed by atoms with Crippen LogP contribution in [0.3, 0.4) is 0 Å². The van der Waals surface area contributed by atoms with E-state index in [4.69, 9.17) is 15.2 Å². The van der Waals surface area contributed by atoms with Crippen molar-refractivity contribution in [2.45, 2.75) is 38.5 Å². The SMILES string of the molecule is CCn1nc(COC2(CN)CCCOC2)c2ccccc21. The summed E-state index contributed by atoms with van der Waals surface area (Å²) in [6.07, 6.45) is 1.96. The molecule has 2 N–H and O–H groups in total. The Hall–Kier alpha value is -1.43. The van der Waals surface area contributed by atoms with Crippen molar-refractivity contribution in [3.63, 3.8) is 0 Å². The minimum absolute atomic E-state index is 0.352. The molecule has 1 aliphatic rings. The minimum atomic E-state index is -0.352. The largest absolute Gasteiger partial charge is 0.378 e. The van der Waals surface area contributed by atoms with Gasteiger partial charge in [0, 0.05) is 25.1 Å². The molecular weight excluding hydrogens is 266 g/mol. The second kappa shape index (κ2) is 6.13. The van der Waals surface area contributed by atoms with E-state index in [9.17, 15) is 0 Å². The molecule has 21 heavy (non-hydrogen) atoms. The van der Waals surface area contributed by atoms with Gasteiger partial charge >= 0.3 is 0 Å². The van der Waals surface area contributed by atoms with Gasteiger partial charge in [0.15, 0.2) is 0 Å². The molecule has 1 saturated heterocycles. The molecule has 1 aliphatic heterocycles. The summed E-state index contributed by atoms with van der Waals surface area (Å²) in [5.41, 5.74) is 7.69. The highest BCUT2D eigenvalue weighted by Crippen LogP contribution is 2.26. The van der Waals surface area contributed by atoms with Crippen LogP contribution in [-0.2, 0) is 22.6 Å². The summed E-state index contributed by atoms with van der Waals surface area (Å²) in [6.45, 7) is 5.30. The fraction of sp³-hybridized carbons (Fsp3) is 0.562. The van der Waals surface area contributed by atoms with Crippen LogP contribution in [0, 0.1) is 0 Å². The molecule has 3 rings (SSSR count). The molecule has 1 aromatic carbocycles. The van der Waals surface area contributed by atoms with Gasteiger partial charge in [0.05, 0.1) is 24.4 Å². The number of para-hydroxylation sites is 1. The van der Waals surface area contributed by atoms with Gasteiger partial charge in [-0.15, -0.1) is 0 Å². The third-order valence-corrected chi connectivity index (χ3v) is 4.21. The molecule has 114 valence electrons. The molecule has 2 heterocycles. The standard InChI is InChI=1S/C16H23N3O2/c1-2-19-15-7-4-3-6-13(15)14(18-19)10-21-16(11-17)8-5-9-20-12-16/h3-4,6-7H,2,5,8-12,17H2,1H3. The van der Waals surface area contributed by atoms with Gasteiger partial charge in [-0.1, -0.05) is 18.2 Å². The molecule has 0 spiro atoms. The first-order chi connectivity index (χ1) is 10.3. The van der Waals surface area contributed by atoms with Gasteiger partial charge < -0.3 is 15.2 Å². The molecule has 1 aromatic heterocycles. The Morgan fingerprint density at radius 1 is 1.43 bits per heavy atom. The van der Waals surface area contributed by atoms with Crippen LogP contribution >= 0.6 is 0 Å². The fourth-order valence-corrected chi connectivity index (χ4v) is 2.93. The third-order valence-electron chi connectivity index (χ3n) is 4.21. The van der Waals surface area contributed by atoms with Crippen molar-refractivity contribution in [2.24, 2.45) is 5.73 Å². The second-order valence-corrected chi connectivity index (χ2v) is 5.61. The molecule has 1 unspecified atom stereocenters. The Kier molecular flexibility index (Phi) is 4.24. The molecule has 5 heteroatoms. The third kappa shape index (κ3) is 2.81. The predicted octanol–water partition coefficient (Wildman–Crippen LogP) is 2.08. The molecule has 1 fully saturated rings. The van der Waals surface area contributed by atoms with Crippen LogP contribution in [0.25, 0.3) is 10.9 Å². The van der Waals surface area contributed by atoms with E-state index in [-0.39, 0.29) is 5.60 Å². The van der Waals surface area contributed by atoms with Crippen LogP contribution in [0.2, 0.25) is 0 Å². The number of rotatable bonds is 5. The average Bonchev–Trinajstić information content (AvgIpc) is 2.92. The van der Waals surface area contributed by atoms with Crippen molar-refractivity contribution in [1.29, 1.82) is 0 Å². The summed E-state index contributed by atoms with van der Waals surface area (Å²) in [5, 5.41) is 5.82. The highest BCUT2D eigenvalue weighted by Gasteiger charge is 2.33. The maximum atomic E-state index is 6.15. The highest BCUT2D eigenvalue weighted by atomic mass is 16.5. The summed E-state index contributed by atoms with van der Waals surface area (Å²) in [6, 6.07) is 8.27. The first-order valence-corrected chi connectivity index (χ1v) is 7.64. The van der Waals surface area contributed by atoms with E-state index in [2.05, 4.69) is 24.2 Å². The van der Waals surface area contributed by atoms with Crippen molar-refractivity contribution >= 4 is 10.9 Å². The van der Waals surface area contributed by atoms with E-state index < -0.39 is 0 Å². The number of nitrogens with two attached hydrogens (primary N) is 1. The van der Waals surface area contributed by atoms with E-state index in [0.29, 0.717) is 19.8 Å². The number of ether oxygens (including phenoxy) is 2. The van der Waals surface area contributed by atoms with E-state index >= 15 is 0 Å². The van der Waals surface area contributed by atoms with Crippen LogP contribution in [0.15, 0.2) is 24.3 Å². The molecule has 0 saturated carbocycles. The fourth-order valence-electron chi connectivity index (χ4n) is 2.93. The minimum Gasteiger partial charge on any atom is -0.378 e. The first-order valence-electron chi connectivity index (χ1n) is 7.64. The van der Waals surface area contributed by atoms with E-state index in [1.165, 1.54) is 0 Å². The number of benzene rings is 1. The Morgan fingerprint density at radius 2 is 2.29 bits per heavy atom. The molecule has 0 radical (unpaired) electrons. The Bertz CT molecular complexity index is 603. The van der Waals surface area contributed by atoms with E-state index in [0.717, 1.165) is 42.6 Å². The number of hydrogen-bond acceptors (Lipinski definition) is 4. The lowest BCUT2D eigenvalue weighted by atomic mass is 9.96. The van der Waals surface area contributed by atoms with Crippen LogP contribution in [0.4, 0.5) is 0 Å². The molecule has 5 nitrogen and oxygen atoms in total. The zero-order valence-electron chi connectivity index (χ0n) is 12.5. The van der Waals surface area contributed by atoms with Crippen molar-refractivity contribution in [2.75, 3.05) is 19.8 Å². The van der Waals surface area contributed by atoms with Crippen LogP contribution in [0.1, 0.15) is 25.5 Å². The van der Waals surface area contributed by atoms with Gasteiger partial charge in [-0.3, -0.25) is 4.68 Å². The average molecular weight is 289 g/mol. The molecular formula is C16H23N3O2. The van der Waals surface area contributed by atoms with Gasteiger partial charge in [-0.2, -0.15) is 5.10 Å². The molecule has 2 aromatic rings. The summed E-state index contributed by atoms with van der Waals surface area (Å²) >= 11 is 0. The van der Waals surface area contributed by atoms with Crippen molar-refractivity contribution in [3.05, 3.63) is 30.0 Å². The molecule has 0 aliphatic carbocycles. The number of aryl methyl sites for hydroxylation is 1. The smallest absolute Gasteiger partial charge is 0.104 e. The summed E-state index contributed by atoms with van der Waals surface area (Å²) < 4.78 is 13.7. The van der Waals surface area contributed by atoms with Gasteiger partial charge in [-0.05, 0) is 25.8 Å². The van der Waals surface area contributed by atoms with Crippen LogP contribution in [-0.4, -0.2) is 35.1 Å². The predicted molar refractivity (Wildman–Crippen MR) is 82.0 cm³/mol. The molecule has 1 atom stereocenters. The van der Waals surface area contributed by atoms with Gasteiger partial charge in [0.2, 0.25) is 0 Å². The maximum Gasteiger partial charge on any atom is 0.104 e. The Labute approximate surface area is 125 Å². The van der Waals surface area contributed by atoms with Crippen LogP contribution in [0.5, 0.6) is 0 Å². The van der Waals surface area contributed by atoms with E-state index in [1.807, 2.05) is 16.8 Å². The quantitative estimate of drug-likeness (QED) is 0.915. The second-order valence-electron chi connectivity index (χ2n) is 5.61. The van der Waals surface area contributed by atoms with Crippen molar-refractivity contribution in [1.82, 2.24) is 9.78 Å². The van der Waals surface area contributed by atoms with Crippen LogP contribution < -0.4 is 5.73 Å². The van der Waals surface area contributed by atoms with Crippen molar-refractivity contribution in [3.8, 4) is 0 Å². The zero-order chi connectivity index (χ0) is 14.7. The summed E-state index contributed by atoms with van der Waals surface area (Å²) in [7, 11) is 0. The number of fused-ring (bicyclic) bond motifs is 1. The zero-order valence-corrected chi connectivity index (χ0v) is 12.5. The lowest BCUT2D eigenvalue weighted by Gasteiger charge is -2.35. The monoisotopic (exact) mass is 289 g/mol. The van der Waals surface area contributed by atoms with Gasteiger partial charge in [-0.25, -0.2) is 0 Å². The first kappa shape index (κ1) is 14.5. The highest BCUT2D eigenvalue weighted by molar-refractivity contribution is 5.81. The maximum absolute atomic E-state index is 6.15.